The van der Waals surface area contributed by atoms with E-state index in [0.29, 0.717) is 6.42 Å². The predicted molar refractivity (Wildman–Crippen MR) is 87.1 cm³/mol. The Morgan fingerprint density at radius 2 is 2.05 bits per heavy atom. The van der Waals surface area contributed by atoms with E-state index in [2.05, 4.69) is 23.8 Å². The van der Waals surface area contributed by atoms with Crippen LogP contribution in [0.5, 0.6) is 0 Å². The maximum Gasteiger partial charge on any atom is 0.336 e. The van der Waals surface area contributed by atoms with E-state index >= 15 is 0 Å². The fraction of sp³-hybridized carbons (Fsp3) is 0.389. The SMILES string of the molecule is COC(=O)C(O)C(N)Cc1ccc(C2=CCCC(C)=C2)cc1. The van der Waals surface area contributed by atoms with Crippen LogP contribution in [0.4, 0.5) is 0 Å². The lowest BCUT2D eigenvalue weighted by molar-refractivity contribution is -0.151. The Balaban J connectivity index is 2.03. The molecule has 1 aliphatic rings. The van der Waals surface area contributed by atoms with Crippen molar-refractivity contribution in [2.24, 2.45) is 5.73 Å². The van der Waals surface area contributed by atoms with E-state index in [-0.39, 0.29) is 0 Å². The Labute approximate surface area is 131 Å². The summed E-state index contributed by atoms with van der Waals surface area (Å²) in [6, 6.07) is 7.39. The average molecular weight is 301 g/mol. The number of ether oxygens (including phenoxy) is 1. The van der Waals surface area contributed by atoms with Gasteiger partial charge in [0.15, 0.2) is 6.10 Å². The van der Waals surface area contributed by atoms with Crippen LogP contribution in [0.3, 0.4) is 0 Å². The third-order valence-corrected chi connectivity index (χ3v) is 3.91. The summed E-state index contributed by atoms with van der Waals surface area (Å²) in [7, 11) is 1.24. The van der Waals surface area contributed by atoms with Crippen molar-refractivity contribution in [2.75, 3.05) is 7.11 Å². The second-order valence-electron chi connectivity index (χ2n) is 5.72. The molecule has 0 saturated heterocycles. The van der Waals surface area contributed by atoms with Crippen molar-refractivity contribution in [3.63, 3.8) is 0 Å². The summed E-state index contributed by atoms with van der Waals surface area (Å²) in [5.74, 6) is -0.697. The van der Waals surface area contributed by atoms with Gasteiger partial charge in [-0.2, -0.15) is 0 Å². The quantitative estimate of drug-likeness (QED) is 0.818. The Kier molecular flexibility index (Phi) is 5.52. The molecule has 2 unspecified atom stereocenters. The zero-order valence-corrected chi connectivity index (χ0v) is 13.1. The minimum atomic E-state index is -1.30. The normalized spacial score (nSPS) is 17.3. The molecule has 2 atom stereocenters. The van der Waals surface area contributed by atoms with Gasteiger partial charge in [-0.25, -0.2) is 4.79 Å². The molecule has 0 aromatic heterocycles. The summed E-state index contributed by atoms with van der Waals surface area (Å²) in [6.45, 7) is 2.15. The maximum absolute atomic E-state index is 11.3. The molecule has 1 aliphatic carbocycles. The summed E-state index contributed by atoms with van der Waals surface area (Å²) in [5, 5.41) is 9.72. The fourth-order valence-corrected chi connectivity index (χ4v) is 2.57. The van der Waals surface area contributed by atoms with Gasteiger partial charge in [0.05, 0.1) is 7.11 Å². The third-order valence-electron chi connectivity index (χ3n) is 3.91. The molecule has 22 heavy (non-hydrogen) atoms. The predicted octanol–water partition coefficient (Wildman–Crippen LogP) is 2.21. The van der Waals surface area contributed by atoms with Crippen molar-refractivity contribution in [2.45, 2.75) is 38.3 Å². The number of methoxy groups -OCH3 is 1. The van der Waals surface area contributed by atoms with Gasteiger partial charge in [0, 0.05) is 6.04 Å². The molecule has 0 bridgehead atoms. The van der Waals surface area contributed by atoms with E-state index in [1.165, 1.54) is 23.8 Å². The molecule has 0 amide bonds. The molecule has 0 radical (unpaired) electrons. The largest absolute Gasteiger partial charge is 0.467 e. The van der Waals surface area contributed by atoms with Crippen LogP contribution in [-0.4, -0.2) is 30.3 Å². The highest BCUT2D eigenvalue weighted by Crippen LogP contribution is 2.25. The van der Waals surface area contributed by atoms with Crippen LogP contribution in [0.15, 0.2) is 42.0 Å². The van der Waals surface area contributed by atoms with Crippen LogP contribution in [0.25, 0.3) is 5.57 Å². The van der Waals surface area contributed by atoms with Gasteiger partial charge < -0.3 is 15.6 Å². The van der Waals surface area contributed by atoms with Crippen molar-refractivity contribution in [1.82, 2.24) is 0 Å². The highest BCUT2D eigenvalue weighted by atomic mass is 16.5. The summed E-state index contributed by atoms with van der Waals surface area (Å²) >= 11 is 0. The van der Waals surface area contributed by atoms with Gasteiger partial charge in [0.2, 0.25) is 0 Å². The number of carbonyl (C=O) groups is 1. The van der Waals surface area contributed by atoms with Crippen LogP contribution < -0.4 is 5.73 Å². The molecule has 0 spiro atoms. The molecule has 118 valence electrons. The smallest absolute Gasteiger partial charge is 0.336 e. The van der Waals surface area contributed by atoms with Gasteiger partial charge in [-0.3, -0.25) is 0 Å². The number of hydrogen-bond donors (Lipinski definition) is 2. The molecular weight excluding hydrogens is 278 g/mol. The van der Waals surface area contributed by atoms with E-state index in [1.54, 1.807) is 0 Å². The van der Waals surface area contributed by atoms with Gasteiger partial charge in [-0.1, -0.05) is 42.0 Å². The number of allylic oxidation sites excluding steroid dienone is 4. The highest BCUT2D eigenvalue weighted by molar-refractivity contribution is 5.76. The lowest BCUT2D eigenvalue weighted by atomic mass is 9.94. The molecule has 3 N–H and O–H groups in total. The lowest BCUT2D eigenvalue weighted by Gasteiger charge is -2.17. The number of benzene rings is 1. The molecule has 2 rings (SSSR count). The highest BCUT2D eigenvalue weighted by Gasteiger charge is 2.23. The summed E-state index contributed by atoms with van der Waals surface area (Å²) in [5.41, 5.74) is 10.6. The molecule has 4 heteroatoms. The summed E-state index contributed by atoms with van der Waals surface area (Å²) < 4.78 is 4.50. The van der Waals surface area contributed by atoms with Gasteiger partial charge in [-0.05, 0) is 42.9 Å². The summed E-state index contributed by atoms with van der Waals surface area (Å²) in [4.78, 5) is 11.3. The first kappa shape index (κ1) is 16.5. The number of rotatable bonds is 5. The van der Waals surface area contributed by atoms with E-state index in [1.807, 2.05) is 24.3 Å². The number of aliphatic hydroxyl groups excluding tert-OH is 1. The molecular formula is C18H23NO3. The molecule has 0 heterocycles. The maximum atomic E-state index is 11.3. The van der Waals surface area contributed by atoms with Gasteiger partial charge in [0.25, 0.3) is 0 Å². The van der Waals surface area contributed by atoms with Crippen LogP contribution in [0.2, 0.25) is 0 Å². The van der Waals surface area contributed by atoms with E-state index in [9.17, 15) is 9.90 Å². The molecule has 4 nitrogen and oxygen atoms in total. The van der Waals surface area contributed by atoms with E-state index in [4.69, 9.17) is 5.73 Å². The molecule has 0 fully saturated rings. The first-order valence-corrected chi connectivity index (χ1v) is 7.49. The Morgan fingerprint density at radius 3 is 2.64 bits per heavy atom. The minimum Gasteiger partial charge on any atom is -0.467 e. The molecule has 0 saturated carbocycles. The Hall–Kier alpha value is -1.91. The second kappa shape index (κ2) is 7.38. The van der Waals surface area contributed by atoms with Crippen LogP contribution in [0, 0.1) is 0 Å². The van der Waals surface area contributed by atoms with Crippen molar-refractivity contribution in [3.8, 4) is 0 Å². The molecule has 1 aromatic carbocycles. The van der Waals surface area contributed by atoms with Gasteiger partial charge in [-0.15, -0.1) is 0 Å². The first-order valence-electron chi connectivity index (χ1n) is 7.49. The third kappa shape index (κ3) is 4.06. The van der Waals surface area contributed by atoms with Crippen molar-refractivity contribution in [1.29, 1.82) is 0 Å². The van der Waals surface area contributed by atoms with E-state index < -0.39 is 18.1 Å². The van der Waals surface area contributed by atoms with Crippen molar-refractivity contribution in [3.05, 3.63) is 53.1 Å². The van der Waals surface area contributed by atoms with Crippen molar-refractivity contribution < 1.29 is 14.6 Å². The molecule has 0 aliphatic heterocycles. The van der Waals surface area contributed by atoms with E-state index in [0.717, 1.165) is 18.4 Å². The summed E-state index contributed by atoms with van der Waals surface area (Å²) in [6.07, 6.45) is 5.79. The van der Waals surface area contributed by atoms with Gasteiger partial charge >= 0.3 is 5.97 Å². The number of aliphatic hydroxyl groups is 1. The monoisotopic (exact) mass is 301 g/mol. The van der Waals surface area contributed by atoms with Crippen molar-refractivity contribution >= 4 is 11.5 Å². The zero-order valence-electron chi connectivity index (χ0n) is 13.1. The number of hydrogen-bond acceptors (Lipinski definition) is 4. The lowest BCUT2D eigenvalue weighted by Crippen LogP contribution is -2.42. The van der Waals surface area contributed by atoms with Crippen LogP contribution in [-0.2, 0) is 16.0 Å². The molecule has 1 aromatic rings. The topological polar surface area (TPSA) is 72.5 Å². The van der Waals surface area contributed by atoms with Crippen LogP contribution in [0.1, 0.15) is 30.9 Å². The Bertz CT molecular complexity index is 587. The zero-order chi connectivity index (χ0) is 16.1. The Morgan fingerprint density at radius 1 is 1.36 bits per heavy atom. The number of esters is 1. The number of nitrogens with two attached hydrogens (primary N) is 1. The standard InChI is InChI=1S/C18H23NO3/c1-12-4-3-5-15(10-12)14-8-6-13(7-9-14)11-16(19)17(20)18(21)22-2/h5-10,16-17,20H,3-4,11,19H2,1-2H3. The minimum absolute atomic E-state index is 0.421. The van der Waals surface area contributed by atoms with Gasteiger partial charge in [0.1, 0.15) is 0 Å². The first-order chi connectivity index (χ1) is 10.5. The second-order valence-corrected chi connectivity index (χ2v) is 5.72. The fourth-order valence-electron chi connectivity index (χ4n) is 2.57. The number of carbonyl (C=O) groups excluding carboxylic acids is 1. The average Bonchev–Trinajstić information content (AvgIpc) is 2.54. The van der Waals surface area contributed by atoms with Crippen LogP contribution >= 0.6 is 0 Å².